The van der Waals surface area contributed by atoms with Crippen molar-refractivity contribution in [3.63, 3.8) is 0 Å². The Morgan fingerprint density at radius 2 is 2.19 bits per heavy atom. The summed E-state index contributed by atoms with van der Waals surface area (Å²) >= 11 is 0. The Hall–Kier alpha value is -0.720. The molecule has 0 spiro atoms. The molecule has 0 radical (unpaired) electrons. The fourth-order valence-electron chi connectivity index (χ4n) is 1.42. The first-order chi connectivity index (χ1) is 7.65. The zero-order valence-corrected chi connectivity index (χ0v) is 8.97. The Bertz CT molecular complexity index is 223. The molecule has 16 heavy (non-hydrogen) atoms. The lowest BCUT2D eigenvalue weighted by Crippen LogP contribution is -2.33. The second kappa shape index (κ2) is 6.78. The molecule has 0 unspecified atom stereocenters. The lowest BCUT2D eigenvalue weighted by atomic mass is 10.1. The Morgan fingerprint density at radius 3 is 2.75 bits per heavy atom. The number of halogens is 1. The van der Waals surface area contributed by atoms with E-state index in [2.05, 4.69) is 0 Å². The zero-order chi connectivity index (χ0) is 12.0. The molecule has 0 aromatic carbocycles. The number of aliphatic hydroxyl groups is 2. The van der Waals surface area contributed by atoms with Crippen molar-refractivity contribution in [3.8, 4) is 0 Å². The van der Waals surface area contributed by atoms with E-state index in [4.69, 9.17) is 14.6 Å². The van der Waals surface area contributed by atoms with Gasteiger partial charge in [0.05, 0.1) is 13.3 Å². The quantitative estimate of drug-likeness (QED) is 0.493. The summed E-state index contributed by atoms with van der Waals surface area (Å²) in [6, 6.07) is 0. The Kier molecular flexibility index (Phi) is 5.65. The van der Waals surface area contributed by atoms with Crippen LogP contribution in [0.25, 0.3) is 0 Å². The molecule has 3 atom stereocenters. The molecule has 2 N–H and O–H groups in total. The first kappa shape index (κ1) is 13.3. The number of esters is 1. The predicted octanol–water partition coefficient (Wildman–Crippen LogP) is -0.210. The number of hydrogen-bond acceptors (Lipinski definition) is 5. The zero-order valence-electron chi connectivity index (χ0n) is 8.97. The van der Waals surface area contributed by atoms with Crippen LogP contribution >= 0.6 is 0 Å². The van der Waals surface area contributed by atoms with E-state index >= 15 is 0 Å². The molecule has 0 saturated carbocycles. The average Bonchev–Trinajstić information content (AvgIpc) is 2.58. The number of ether oxygens (including phenoxy) is 2. The Balaban J connectivity index is 2.12. The van der Waals surface area contributed by atoms with Crippen LogP contribution in [0.3, 0.4) is 0 Å². The lowest BCUT2D eigenvalue weighted by molar-refractivity contribution is -0.148. The molecular formula is C10H17FO5. The molecule has 1 saturated heterocycles. The lowest BCUT2D eigenvalue weighted by Gasteiger charge is -2.14. The van der Waals surface area contributed by atoms with E-state index in [9.17, 15) is 14.3 Å². The number of rotatable bonds is 6. The molecule has 94 valence electrons. The topological polar surface area (TPSA) is 76.0 Å². The van der Waals surface area contributed by atoms with Gasteiger partial charge in [-0.1, -0.05) is 0 Å². The molecule has 1 rings (SSSR count). The minimum absolute atomic E-state index is 0.0469. The normalized spacial score (nSPS) is 29.3. The number of hydrogen-bond donors (Lipinski definition) is 2. The summed E-state index contributed by atoms with van der Waals surface area (Å²) in [6.07, 6.45) is -1.65. The summed E-state index contributed by atoms with van der Waals surface area (Å²) in [6.45, 7) is -0.470. The smallest absolute Gasteiger partial charge is 0.305 e. The number of carbonyl (C=O) groups is 1. The molecule has 0 bridgehead atoms. The largest absolute Gasteiger partial charge is 0.463 e. The molecule has 6 heteroatoms. The summed E-state index contributed by atoms with van der Waals surface area (Å²) in [5.74, 6) is -0.439. The molecule has 0 amide bonds. The maximum atomic E-state index is 11.7. The molecule has 5 nitrogen and oxygen atoms in total. The highest BCUT2D eigenvalue weighted by atomic mass is 19.1. The summed E-state index contributed by atoms with van der Waals surface area (Å²) in [7, 11) is 0. The van der Waals surface area contributed by atoms with Gasteiger partial charge in [-0.3, -0.25) is 9.18 Å². The van der Waals surface area contributed by atoms with E-state index in [0.29, 0.717) is 12.8 Å². The van der Waals surface area contributed by atoms with Crippen LogP contribution in [-0.4, -0.2) is 54.4 Å². The number of aliphatic hydroxyl groups excluding tert-OH is 2. The third-order valence-electron chi connectivity index (χ3n) is 2.43. The van der Waals surface area contributed by atoms with Crippen molar-refractivity contribution in [2.24, 2.45) is 0 Å². The van der Waals surface area contributed by atoms with Crippen molar-refractivity contribution in [2.75, 3.05) is 19.9 Å². The van der Waals surface area contributed by atoms with Gasteiger partial charge in [0, 0.05) is 6.42 Å². The highest BCUT2D eigenvalue weighted by Gasteiger charge is 2.35. The first-order valence-electron chi connectivity index (χ1n) is 5.34. The van der Waals surface area contributed by atoms with Crippen LogP contribution in [0, 0.1) is 0 Å². The Morgan fingerprint density at radius 1 is 1.44 bits per heavy atom. The van der Waals surface area contributed by atoms with E-state index in [1.54, 1.807) is 0 Å². The molecular weight excluding hydrogens is 219 g/mol. The van der Waals surface area contributed by atoms with Gasteiger partial charge < -0.3 is 19.7 Å². The van der Waals surface area contributed by atoms with Crippen molar-refractivity contribution >= 4 is 5.97 Å². The number of carbonyl (C=O) groups excluding carboxylic acids is 1. The predicted molar refractivity (Wildman–Crippen MR) is 52.5 cm³/mol. The molecule has 0 aliphatic carbocycles. The average molecular weight is 236 g/mol. The van der Waals surface area contributed by atoms with Gasteiger partial charge in [0.1, 0.15) is 24.9 Å². The van der Waals surface area contributed by atoms with Gasteiger partial charge >= 0.3 is 5.97 Å². The van der Waals surface area contributed by atoms with Crippen molar-refractivity contribution < 1.29 is 28.9 Å². The van der Waals surface area contributed by atoms with Crippen LogP contribution < -0.4 is 0 Å². The summed E-state index contributed by atoms with van der Waals surface area (Å²) in [4.78, 5) is 11.1. The van der Waals surface area contributed by atoms with Gasteiger partial charge in [0.2, 0.25) is 0 Å². The maximum Gasteiger partial charge on any atom is 0.305 e. The van der Waals surface area contributed by atoms with E-state index in [0.717, 1.165) is 0 Å². The molecule has 1 fully saturated rings. The molecule has 1 aliphatic heterocycles. The van der Waals surface area contributed by atoms with Crippen LogP contribution in [0.4, 0.5) is 4.39 Å². The third kappa shape index (κ3) is 4.03. The van der Waals surface area contributed by atoms with Crippen LogP contribution in [0.15, 0.2) is 0 Å². The third-order valence-corrected chi connectivity index (χ3v) is 2.43. The van der Waals surface area contributed by atoms with E-state index in [1.807, 2.05) is 0 Å². The minimum Gasteiger partial charge on any atom is -0.463 e. The van der Waals surface area contributed by atoms with Gasteiger partial charge in [-0.15, -0.1) is 0 Å². The molecule has 1 aliphatic rings. The summed E-state index contributed by atoms with van der Waals surface area (Å²) in [5.41, 5.74) is 0. The van der Waals surface area contributed by atoms with Crippen LogP contribution in [0.5, 0.6) is 0 Å². The van der Waals surface area contributed by atoms with E-state index in [1.165, 1.54) is 0 Å². The SMILES string of the molecule is O=C(CCCCF)OC[C@H]1OC[C@@H](O)[C@H]1O. The number of alkyl halides is 1. The van der Waals surface area contributed by atoms with Gasteiger partial charge in [-0.2, -0.15) is 0 Å². The van der Waals surface area contributed by atoms with Gasteiger partial charge in [-0.05, 0) is 12.8 Å². The van der Waals surface area contributed by atoms with E-state index < -0.39 is 31.0 Å². The van der Waals surface area contributed by atoms with Gasteiger partial charge in [0.25, 0.3) is 0 Å². The highest BCUT2D eigenvalue weighted by molar-refractivity contribution is 5.69. The van der Waals surface area contributed by atoms with Gasteiger partial charge in [0.15, 0.2) is 0 Å². The summed E-state index contributed by atoms with van der Waals surface area (Å²) < 4.78 is 21.6. The fraction of sp³-hybridized carbons (Fsp3) is 0.900. The minimum atomic E-state index is -1.02. The second-order valence-electron chi connectivity index (χ2n) is 3.76. The Labute approximate surface area is 93.2 Å². The molecule has 0 aromatic rings. The first-order valence-corrected chi connectivity index (χ1v) is 5.34. The van der Waals surface area contributed by atoms with Crippen molar-refractivity contribution in [2.45, 2.75) is 37.6 Å². The van der Waals surface area contributed by atoms with Crippen molar-refractivity contribution in [1.82, 2.24) is 0 Å². The van der Waals surface area contributed by atoms with Crippen molar-refractivity contribution in [3.05, 3.63) is 0 Å². The molecule has 1 heterocycles. The molecule has 0 aromatic heterocycles. The van der Waals surface area contributed by atoms with Gasteiger partial charge in [-0.25, -0.2) is 0 Å². The monoisotopic (exact) mass is 236 g/mol. The highest BCUT2D eigenvalue weighted by Crippen LogP contribution is 2.14. The van der Waals surface area contributed by atoms with Crippen LogP contribution in [0.2, 0.25) is 0 Å². The summed E-state index contributed by atoms with van der Waals surface area (Å²) in [5, 5.41) is 18.5. The van der Waals surface area contributed by atoms with Crippen molar-refractivity contribution in [1.29, 1.82) is 0 Å². The fourth-order valence-corrected chi connectivity index (χ4v) is 1.42. The standard InChI is InChI=1S/C10H17FO5/c11-4-2-1-3-9(13)16-6-8-10(14)7(12)5-15-8/h7-8,10,12,14H,1-6H2/t7-,8-,10-/m1/s1. The number of unbranched alkanes of at least 4 members (excludes halogenated alkanes) is 1. The van der Waals surface area contributed by atoms with Crippen LogP contribution in [0.1, 0.15) is 19.3 Å². The van der Waals surface area contributed by atoms with E-state index in [-0.39, 0.29) is 19.6 Å². The maximum absolute atomic E-state index is 11.7. The second-order valence-corrected chi connectivity index (χ2v) is 3.76. The van der Waals surface area contributed by atoms with Crippen LogP contribution in [-0.2, 0) is 14.3 Å².